The fourth-order valence-corrected chi connectivity index (χ4v) is 2.61. The van der Waals surface area contributed by atoms with Crippen molar-refractivity contribution < 1.29 is 13.9 Å². The average Bonchev–Trinajstić information content (AvgIpc) is 2.33. The van der Waals surface area contributed by atoms with E-state index in [1.807, 2.05) is 6.92 Å². The fourth-order valence-electron chi connectivity index (χ4n) is 1.98. The summed E-state index contributed by atoms with van der Waals surface area (Å²) in [7, 11) is 0. The van der Waals surface area contributed by atoms with Gasteiger partial charge in [0.15, 0.2) is 0 Å². The zero-order chi connectivity index (χ0) is 13.3. The average molecular weight is 316 g/mol. The molecule has 1 aromatic carbocycles. The fraction of sp³-hybridized carbons (Fsp3) is 0.462. The topological polar surface area (TPSA) is 29.5 Å². The van der Waals surface area contributed by atoms with Crippen LogP contribution in [0.5, 0.6) is 0 Å². The molecule has 1 unspecified atom stereocenters. The van der Waals surface area contributed by atoms with E-state index in [4.69, 9.17) is 4.74 Å². The third-order valence-electron chi connectivity index (χ3n) is 3.01. The number of benzene rings is 1. The molecule has 18 heavy (non-hydrogen) atoms. The number of morpholine rings is 1. The number of carbonyl (C=O) groups is 1. The second kappa shape index (κ2) is 5.36. The summed E-state index contributed by atoms with van der Waals surface area (Å²) in [6.45, 7) is 5.21. The minimum Gasteiger partial charge on any atom is -0.375 e. The van der Waals surface area contributed by atoms with E-state index in [-0.39, 0.29) is 17.8 Å². The van der Waals surface area contributed by atoms with Crippen molar-refractivity contribution in [1.82, 2.24) is 4.90 Å². The Morgan fingerprint density at radius 2 is 2.28 bits per heavy atom. The summed E-state index contributed by atoms with van der Waals surface area (Å²) in [6, 6.07) is 2.92. The van der Waals surface area contributed by atoms with Gasteiger partial charge in [0, 0.05) is 17.6 Å². The Morgan fingerprint density at radius 3 is 2.94 bits per heavy atom. The second-order valence-corrected chi connectivity index (χ2v) is 5.37. The molecule has 0 aliphatic carbocycles. The normalized spacial score (nSPS) is 20.0. The van der Waals surface area contributed by atoms with E-state index < -0.39 is 0 Å². The minimum absolute atomic E-state index is 0.0248. The number of nitrogens with zero attached hydrogens (tertiary/aromatic N) is 1. The van der Waals surface area contributed by atoms with E-state index in [1.165, 1.54) is 6.07 Å². The molecule has 3 nitrogen and oxygen atoms in total. The van der Waals surface area contributed by atoms with E-state index in [1.54, 1.807) is 17.9 Å². The number of halogens is 2. The number of hydrogen-bond acceptors (Lipinski definition) is 2. The summed E-state index contributed by atoms with van der Waals surface area (Å²) in [4.78, 5) is 14.0. The summed E-state index contributed by atoms with van der Waals surface area (Å²) in [5, 5.41) is 0. The maximum Gasteiger partial charge on any atom is 0.255 e. The van der Waals surface area contributed by atoms with Crippen LogP contribution in [-0.4, -0.2) is 36.6 Å². The zero-order valence-corrected chi connectivity index (χ0v) is 12.0. The van der Waals surface area contributed by atoms with Gasteiger partial charge in [-0.1, -0.05) is 0 Å². The first-order valence-electron chi connectivity index (χ1n) is 5.85. The largest absolute Gasteiger partial charge is 0.375 e. The van der Waals surface area contributed by atoms with Gasteiger partial charge in [-0.2, -0.15) is 0 Å². The number of ether oxygens (including phenoxy) is 1. The van der Waals surface area contributed by atoms with Crippen LogP contribution in [0.3, 0.4) is 0 Å². The van der Waals surface area contributed by atoms with Gasteiger partial charge in [0.25, 0.3) is 5.91 Å². The van der Waals surface area contributed by atoms with Gasteiger partial charge in [-0.25, -0.2) is 4.39 Å². The monoisotopic (exact) mass is 315 g/mol. The van der Waals surface area contributed by atoms with Crippen LogP contribution in [0, 0.1) is 12.7 Å². The molecule has 1 atom stereocenters. The van der Waals surface area contributed by atoms with Gasteiger partial charge in [0.1, 0.15) is 5.82 Å². The van der Waals surface area contributed by atoms with Crippen molar-refractivity contribution in [2.24, 2.45) is 0 Å². The molecule has 0 aromatic heterocycles. The first-order valence-corrected chi connectivity index (χ1v) is 6.65. The summed E-state index contributed by atoms with van der Waals surface area (Å²) in [6.07, 6.45) is 0.0248. The number of aryl methyl sites for hydroxylation is 1. The SMILES string of the molecule is Cc1cc(Br)c(C(=O)N2CCOC(C)C2)cc1F. The molecular weight excluding hydrogens is 301 g/mol. The highest BCUT2D eigenvalue weighted by molar-refractivity contribution is 9.10. The van der Waals surface area contributed by atoms with Crippen molar-refractivity contribution in [3.63, 3.8) is 0 Å². The molecule has 98 valence electrons. The summed E-state index contributed by atoms with van der Waals surface area (Å²) < 4.78 is 19.6. The van der Waals surface area contributed by atoms with Crippen LogP contribution in [0.15, 0.2) is 16.6 Å². The molecule has 0 N–H and O–H groups in total. The van der Waals surface area contributed by atoms with Gasteiger partial charge in [0.05, 0.1) is 18.3 Å². The molecule has 0 spiro atoms. The lowest BCUT2D eigenvalue weighted by Crippen LogP contribution is -2.44. The zero-order valence-electron chi connectivity index (χ0n) is 10.4. The molecule has 0 radical (unpaired) electrons. The van der Waals surface area contributed by atoms with Crippen molar-refractivity contribution in [2.45, 2.75) is 20.0 Å². The highest BCUT2D eigenvalue weighted by Crippen LogP contribution is 2.23. The first kappa shape index (κ1) is 13.5. The summed E-state index contributed by atoms with van der Waals surface area (Å²) in [5.74, 6) is -0.515. The molecular formula is C13H15BrFNO2. The van der Waals surface area contributed by atoms with E-state index in [0.29, 0.717) is 35.3 Å². The quantitative estimate of drug-likeness (QED) is 0.797. The second-order valence-electron chi connectivity index (χ2n) is 4.51. The van der Waals surface area contributed by atoms with Crippen LogP contribution in [0.1, 0.15) is 22.8 Å². The molecule has 0 saturated carbocycles. The van der Waals surface area contributed by atoms with Crippen molar-refractivity contribution in [2.75, 3.05) is 19.7 Å². The Hall–Kier alpha value is -0.940. The highest BCUT2D eigenvalue weighted by Gasteiger charge is 2.24. The predicted octanol–water partition coefficient (Wildman–Crippen LogP) is 2.76. The molecule has 1 heterocycles. The molecule has 0 bridgehead atoms. The highest BCUT2D eigenvalue weighted by atomic mass is 79.9. The molecule has 1 saturated heterocycles. The van der Waals surface area contributed by atoms with Gasteiger partial charge in [-0.3, -0.25) is 4.79 Å². The van der Waals surface area contributed by atoms with Crippen molar-refractivity contribution >= 4 is 21.8 Å². The maximum atomic E-state index is 13.5. The van der Waals surface area contributed by atoms with Gasteiger partial charge < -0.3 is 9.64 Å². The smallest absolute Gasteiger partial charge is 0.255 e. The standard InChI is InChI=1S/C13H15BrFNO2/c1-8-5-11(14)10(6-12(8)15)13(17)16-3-4-18-9(2)7-16/h5-6,9H,3-4,7H2,1-2H3. The van der Waals surface area contributed by atoms with Crippen molar-refractivity contribution in [3.05, 3.63) is 33.5 Å². The molecule has 1 fully saturated rings. The van der Waals surface area contributed by atoms with Crippen LogP contribution in [0.25, 0.3) is 0 Å². The lowest BCUT2D eigenvalue weighted by Gasteiger charge is -2.31. The van der Waals surface area contributed by atoms with E-state index in [0.717, 1.165) is 0 Å². The minimum atomic E-state index is -0.358. The first-order chi connectivity index (χ1) is 8.49. The molecule has 1 aliphatic rings. The van der Waals surface area contributed by atoms with Gasteiger partial charge in [-0.05, 0) is 47.5 Å². The third-order valence-corrected chi connectivity index (χ3v) is 3.66. The third kappa shape index (κ3) is 2.72. The molecule has 5 heteroatoms. The van der Waals surface area contributed by atoms with Gasteiger partial charge >= 0.3 is 0 Å². The van der Waals surface area contributed by atoms with Crippen LogP contribution in [0.4, 0.5) is 4.39 Å². The van der Waals surface area contributed by atoms with E-state index in [2.05, 4.69) is 15.9 Å². The number of rotatable bonds is 1. The van der Waals surface area contributed by atoms with Crippen LogP contribution in [-0.2, 0) is 4.74 Å². The Balaban J connectivity index is 2.25. The van der Waals surface area contributed by atoms with Crippen LogP contribution in [0.2, 0.25) is 0 Å². The predicted molar refractivity (Wildman–Crippen MR) is 70.2 cm³/mol. The molecule has 1 aromatic rings. The van der Waals surface area contributed by atoms with Crippen LogP contribution >= 0.6 is 15.9 Å². The Bertz CT molecular complexity index is 478. The molecule has 1 amide bonds. The molecule has 2 rings (SSSR count). The summed E-state index contributed by atoms with van der Waals surface area (Å²) in [5.41, 5.74) is 0.890. The number of carbonyl (C=O) groups excluding carboxylic acids is 1. The Kier molecular flexibility index (Phi) is 4.02. The van der Waals surface area contributed by atoms with Gasteiger partial charge in [-0.15, -0.1) is 0 Å². The summed E-state index contributed by atoms with van der Waals surface area (Å²) >= 11 is 3.32. The maximum absolute atomic E-state index is 13.5. The van der Waals surface area contributed by atoms with Crippen molar-refractivity contribution in [1.29, 1.82) is 0 Å². The molecule has 1 aliphatic heterocycles. The lowest BCUT2D eigenvalue weighted by molar-refractivity contribution is -0.0124. The lowest BCUT2D eigenvalue weighted by atomic mass is 10.1. The van der Waals surface area contributed by atoms with Gasteiger partial charge in [0.2, 0.25) is 0 Å². The van der Waals surface area contributed by atoms with Crippen LogP contribution < -0.4 is 0 Å². The number of amides is 1. The van der Waals surface area contributed by atoms with E-state index >= 15 is 0 Å². The number of hydrogen-bond donors (Lipinski definition) is 0. The van der Waals surface area contributed by atoms with Crippen molar-refractivity contribution in [3.8, 4) is 0 Å². The Morgan fingerprint density at radius 1 is 1.56 bits per heavy atom. The van der Waals surface area contributed by atoms with E-state index in [9.17, 15) is 9.18 Å². The Labute approximate surface area is 114 Å².